The summed E-state index contributed by atoms with van der Waals surface area (Å²) in [7, 11) is 4.94. The minimum Gasteiger partial charge on any atom is -0.493 e. The lowest BCUT2D eigenvalue weighted by atomic mass is 9.90. The SMILES string of the molecule is COc1cc2c(C3CCNCC3)c[nH]c2c(OC)c1OC. The van der Waals surface area contributed by atoms with Gasteiger partial charge in [-0.3, -0.25) is 0 Å². The Hall–Kier alpha value is -1.88. The fourth-order valence-corrected chi connectivity index (χ4v) is 3.23. The Morgan fingerprint density at radius 3 is 2.33 bits per heavy atom. The van der Waals surface area contributed by atoms with Crippen molar-refractivity contribution in [3.63, 3.8) is 0 Å². The largest absolute Gasteiger partial charge is 0.493 e. The summed E-state index contributed by atoms with van der Waals surface area (Å²) in [5.74, 6) is 2.61. The van der Waals surface area contributed by atoms with Crippen molar-refractivity contribution in [1.82, 2.24) is 10.3 Å². The maximum Gasteiger partial charge on any atom is 0.205 e. The second-order valence-corrected chi connectivity index (χ2v) is 5.34. The van der Waals surface area contributed by atoms with E-state index in [0.717, 1.165) is 36.8 Å². The first kappa shape index (κ1) is 14.1. The molecule has 5 nitrogen and oxygen atoms in total. The molecule has 0 spiro atoms. The van der Waals surface area contributed by atoms with E-state index in [-0.39, 0.29) is 0 Å². The Balaban J connectivity index is 2.16. The number of rotatable bonds is 4. The van der Waals surface area contributed by atoms with Gasteiger partial charge >= 0.3 is 0 Å². The van der Waals surface area contributed by atoms with Gasteiger partial charge in [-0.15, -0.1) is 0 Å². The highest BCUT2D eigenvalue weighted by atomic mass is 16.5. The maximum absolute atomic E-state index is 5.54. The molecule has 5 heteroatoms. The molecule has 2 aromatic rings. The van der Waals surface area contributed by atoms with E-state index in [1.165, 1.54) is 5.56 Å². The lowest BCUT2D eigenvalue weighted by Crippen LogP contribution is -2.26. The van der Waals surface area contributed by atoms with E-state index in [1.807, 2.05) is 6.07 Å². The van der Waals surface area contributed by atoms with E-state index >= 15 is 0 Å². The van der Waals surface area contributed by atoms with E-state index in [2.05, 4.69) is 16.5 Å². The first-order valence-electron chi connectivity index (χ1n) is 7.30. The van der Waals surface area contributed by atoms with Crippen LogP contribution in [0.5, 0.6) is 17.2 Å². The second kappa shape index (κ2) is 5.85. The number of methoxy groups -OCH3 is 3. The summed E-state index contributed by atoms with van der Waals surface area (Å²) in [6, 6.07) is 2.05. The first-order valence-corrected chi connectivity index (χ1v) is 7.30. The average Bonchev–Trinajstić information content (AvgIpc) is 2.97. The van der Waals surface area contributed by atoms with Crippen LogP contribution in [0.15, 0.2) is 12.3 Å². The van der Waals surface area contributed by atoms with Crippen LogP contribution in [0, 0.1) is 0 Å². The molecular weight excluding hydrogens is 268 g/mol. The van der Waals surface area contributed by atoms with Gasteiger partial charge in [-0.05, 0) is 43.5 Å². The molecule has 1 saturated heterocycles. The molecule has 1 aromatic carbocycles. The molecule has 0 amide bonds. The minimum absolute atomic E-state index is 0.572. The summed E-state index contributed by atoms with van der Waals surface area (Å²) in [5, 5.41) is 4.57. The fourth-order valence-electron chi connectivity index (χ4n) is 3.23. The van der Waals surface area contributed by atoms with Gasteiger partial charge in [0.15, 0.2) is 11.5 Å². The van der Waals surface area contributed by atoms with Crippen LogP contribution >= 0.6 is 0 Å². The predicted octanol–water partition coefficient (Wildman–Crippen LogP) is 2.66. The van der Waals surface area contributed by atoms with Crippen LogP contribution in [0.2, 0.25) is 0 Å². The average molecular weight is 290 g/mol. The number of hydrogen-bond donors (Lipinski definition) is 2. The number of piperidine rings is 1. The van der Waals surface area contributed by atoms with Crippen LogP contribution in [-0.4, -0.2) is 39.4 Å². The standard InChI is InChI=1S/C16H22N2O3/c1-19-13-8-11-12(10-4-6-17-7-5-10)9-18-14(11)16(21-3)15(13)20-2/h8-10,17-18H,4-7H2,1-3H3. The Bertz CT molecular complexity index is 630. The van der Waals surface area contributed by atoms with Crippen LogP contribution in [0.1, 0.15) is 24.3 Å². The van der Waals surface area contributed by atoms with Gasteiger partial charge in [0.05, 0.1) is 26.8 Å². The predicted molar refractivity (Wildman–Crippen MR) is 82.8 cm³/mol. The van der Waals surface area contributed by atoms with Crippen molar-refractivity contribution in [2.24, 2.45) is 0 Å². The molecule has 1 aliphatic heterocycles. The summed E-state index contributed by atoms with van der Waals surface area (Å²) < 4.78 is 16.5. The Labute approximate surface area is 124 Å². The third-order valence-electron chi connectivity index (χ3n) is 4.29. The zero-order valence-electron chi connectivity index (χ0n) is 12.8. The molecule has 0 bridgehead atoms. The summed E-state index contributed by atoms with van der Waals surface area (Å²) in [6.45, 7) is 2.14. The van der Waals surface area contributed by atoms with E-state index in [1.54, 1.807) is 21.3 Å². The molecule has 1 fully saturated rings. The molecule has 3 rings (SSSR count). The number of H-pyrrole nitrogens is 1. The molecule has 0 aliphatic carbocycles. The summed E-state index contributed by atoms with van der Waals surface area (Å²) in [5.41, 5.74) is 2.31. The first-order chi connectivity index (χ1) is 10.3. The van der Waals surface area contributed by atoms with Gasteiger partial charge < -0.3 is 24.5 Å². The molecule has 1 aliphatic rings. The number of ether oxygens (including phenoxy) is 3. The third-order valence-corrected chi connectivity index (χ3v) is 4.29. The van der Waals surface area contributed by atoms with Gasteiger partial charge in [0.2, 0.25) is 5.75 Å². The highest BCUT2D eigenvalue weighted by Gasteiger charge is 2.23. The number of aromatic nitrogens is 1. The summed E-state index contributed by atoms with van der Waals surface area (Å²) in [6.07, 6.45) is 4.41. The number of benzene rings is 1. The van der Waals surface area contributed by atoms with Gasteiger partial charge in [0.25, 0.3) is 0 Å². The zero-order valence-corrected chi connectivity index (χ0v) is 12.8. The van der Waals surface area contributed by atoms with Crippen molar-refractivity contribution < 1.29 is 14.2 Å². The second-order valence-electron chi connectivity index (χ2n) is 5.34. The molecule has 0 atom stereocenters. The quantitative estimate of drug-likeness (QED) is 0.909. The van der Waals surface area contributed by atoms with Crippen molar-refractivity contribution >= 4 is 10.9 Å². The van der Waals surface area contributed by atoms with E-state index in [9.17, 15) is 0 Å². The van der Waals surface area contributed by atoms with Crippen LogP contribution in [-0.2, 0) is 0 Å². The van der Waals surface area contributed by atoms with E-state index in [0.29, 0.717) is 23.2 Å². The molecule has 0 radical (unpaired) electrons. The van der Waals surface area contributed by atoms with Crippen LogP contribution in [0.3, 0.4) is 0 Å². The smallest absolute Gasteiger partial charge is 0.205 e. The topological polar surface area (TPSA) is 55.5 Å². The van der Waals surface area contributed by atoms with E-state index in [4.69, 9.17) is 14.2 Å². The molecule has 0 saturated carbocycles. The highest BCUT2D eigenvalue weighted by Crippen LogP contribution is 2.45. The van der Waals surface area contributed by atoms with Crippen molar-refractivity contribution in [3.05, 3.63) is 17.8 Å². The normalized spacial score (nSPS) is 16.1. The van der Waals surface area contributed by atoms with Gasteiger partial charge in [-0.2, -0.15) is 0 Å². The van der Waals surface area contributed by atoms with Gasteiger partial charge in [-0.1, -0.05) is 0 Å². The van der Waals surface area contributed by atoms with Crippen molar-refractivity contribution in [1.29, 1.82) is 0 Å². The van der Waals surface area contributed by atoms with Crippen LogP contribution in [0.25, 0.3) is 10.9 Å². The number of nitrogens with one attached hydrogen (secondary N) is 2. The Kier molecular flexibility index (Phi) is 3.92. The summed E-state index contributed by atoms with van der Waals surface area (Å²) in [4.78, 5) is 3.35. The maximum atomic E-state index is 5.54. The highest BCUT2D eigenvalue weighted by molar-refractivity contribution is 5.93. The van der Waals surface area contributed by atoms with E-state index < -0.39 is 0 Å². The molecule has 0 unspecified atom stereocenters. The fraction of sp³-hybridized carbons (Fsp3) is 0.500. The van der Waals surface area contributed by atoms with Crippen molar-refractivity contribution in [2.75, 3.05) is 34.4 Å². The number of fused-ring (bicyclic) bond motifs is 1. The minimum atomic E-state index is 0.572. The lowest BCUT2D eigenvalue weighted by molar-refractivity contribution is 0.327. The third kappa shape index (κ3) is 2.31. The van der Waals surface area contributed by atoms with Crippen molar-refractivity contribution in [2.45, 2.75) is 18.8 Å². The van der Waals surface area contributed by atoms with Crippen molar-refractivity contribution in [3.8, 4) is 17.2 Å². The number of aromatic amines is 1. The summed E-state index contributed by atoms with van der Waals surface area (Å²) >= 11 is 0. The molecule has 21 heavy (non-hydrogen) atoms. The molecule has 2 N–H and O–H groups in total. The monoisotopic (exact) mass is 290 g/mol. The Morgan fingerprint density at radius 2 is 1.71 bits per heavy atom. The molecule has 1 aromatic heterocycles. The molecular formula is C16H22N2O3. The zero-order chi connectivity index (χ0) is 14.8. The molecule has 2 heterocycles. The van der Waals surface area contributed by atoms with Gasteiger partial charge in [-0.25, -0.2) is 0 Å². The van der Waals surface area contributed by atoms with Gasteiger partial charge in [0, 0.05) is 11.6 Å². The van der Waals surface area contributed by atoms with Crippen LogP contribution in [0.4, 0.5) is 0 Å². The molecule has 114 valence electrons. The lowest BCUT2D eigenvalue weighted by Gasteiger charge is -2.22. The Morgan fingerprint density at radius 1 is 1.00 bits per heavy atom. The van der Waals surface area contributed by atoms with Gasteiger partial charge in [0.1, 0.15) is 0 Å². The van der Waals surface area contributed by atoms with Crippen LogP contribution < -0.4 is 19.5 Å². The number of hydrogen-bond acceptors (Lipinski definition) is 4.